The lowest BCUT2D eigenvalue weighted by Gasteiger charge is -2.24. The van der Waals surface area contributed by atoms with E-state index >= 15 is 0 Å². The van der Waals surface area contributed by atoms with E-state index in [1.165, 1.54) is 32.1 Å². The fourth-order valence-corrected chi connectivity index (χ4v) is 2.76. The molecule has 1 aliphatic carbocycles. The van der Waals surface area contributed by atoms with Crippen LogP contribution in [0.1, 0.15) is 39.0 Å². The fourth-order valence-electron chi connectivity index (χ4n) is 1.60. The molecule has 0 spiro atoms. The van der Waals surface area contributed by atoms with Crippen LogP contribution in [0.15, 0.2) is 0 Å². The Hall–Kier alpha value is 0.730. The van der Waals surface area contributed by atoms with E-state index in [1.807, 2.05) is 0 Å². The summed E-state index contributed by atoms with van der Waals surface area (Å²) >= 11 is 2.60. The van der Waals surface area contributed by atoms with E-state index in [-0.39, 0.29) is 0 Å². The monoisotopic (exact) mass is 238 g/mol. The molecule has 0 aromatic carbocycles. The minimum Gasteiger partial charge on any atom is -0.0826 e. The Bertz CT molecular complexity index is 80.6. The van der Waals surface area contributed by atoms with Gasteiger partial charge in [0.25, 0.3) is 0 Å². The highest BCUT2D eigenvalue weighted by molar-refractivity contribution is 14.1. The third kappa shape index (κ3) is 2.44. The summed E-state index contributed by atoms with van der Waals surface area (Å²) in [6.45, 7) is 2.32. The van der Waals surface area contributed by atoms with Crippen molar-refractivity contribution in [2.24, 2.45) is 5.92 Å². The van der Waals surface area contributed by atoms with E-state index in [0.717, 1.165) is 9.84 Å². The van der Waals surface area contributed by atoms with Gasteiger partial charge in [0.1, 0.15) is 0 Å². The van der Waals surface area contributed by atoms with Crippen molar-refractivity contribution < 1.29 is 0 Å². The summed E-state index contributed by atoms with van der Waals surface area (Å²) in [7, 11) is 0. The Morgan fingerprint density at radius 2 is 2.22 bits per heavy atom. The predicted octanol–water partition coefficient (Wildman–Crippen LogP) is 3.39. The van der Waals surface area contributed by atoms with Gasteiger partial charge >= 0.3 is 0 Å². The zero-order chi connectivity index (χ0) is 6.69. The molecule has 1 rings (SSSR count). The summed E-state index contributed by atoms with van der Waals surface area (Å²) in [6.07, 6.45) is 7.33. The molecule has 54 valence electrons. The smallest absolute Gasteiger partial charge is 0.0112 e. The highest BCUT2D eigenvalue weighted by Gasteiger charge is 2.17. The quantitative estimate of drug-likeness (QED) is 0.485. The van der Waals surface area contributed by atoms with Crippen molar-refractivity contribution in [2.45, 2.75) is 43.0 Å². The second-order valence-corrected chi connectivity index (χ2v) is 4.80. The van der Waals surface area contributed by atoms with Crippen molar-refractivity contribution in [3.8, 4) is 0 Å². The first kappa shape index (κ1) is 7.83. The molecule has 2 unspecified atom stereocenters. The molecule has 1 saturated carbocycles. The number of alkyl halides is 1. The molecule has 0 aliphatic heterocycles. The normalized spacial score (nSPS) is 36.7. The second-order valence-electron chi connectivity index (χ2n) is 3.04. The Kier molecular flexibility index (Phi) is 3.30. The molecule has 0 bridgehead atoms. The molecule has 2 atom stereocenters. The van der Waals surface area contributed by atoms with E-state index in [0.29, 0.717) is 0 Å². The van der Waals surface area contributed by atoms with Gasteiger partial charge in [-0.05, 0) is 18.8 Å². The first-order valence-corrected chi connectivity index (χ1v) is 5.21. The molecule has 0 saturated heterocycles. The maximum atomic E-state index is 2.60. The summed E-state index contributed by atoms with van der Waals surface area (Å²) in [5, 5.41) is 0. The molecule has 0 aromatic heterocycles. The largest absolute Gasteiger partial charge is 0.0826 e. The summed E-state index contributed by atoms with van der Waals surface area (Å²) in [6, 6.07) is 0. The number of halogens is 1. The van der Waals surface area contributed by atoms with Crippen molar-refractivity contribution >= 4 is 22.6 Å². The van der Waals surface area contributed by atoms with Crippen LogP contribution in [0.4, 0.5) is 0 Å². The SMILES string of the molecule is CCC1CCCC(I)C1. The van der Waals surface area contributed by atoms with Crippen LogP contribution in [0.2, 0.25) is 0 Å². The summed E-state index contributed by atoms with van der Waals surface area (Å²) < 4.78 is 0.987. The van der Waals surface area contributed by atoms with Crippen molar-refractivity contribution in [3.05, 3.63) is 0 Å². The lowest BCUT2D eigenvalue weighted by atomic mass is 9.88. The van der Waals surface area contributed by atoms with Gasteiger partial charge < -0.3 is 0 Å². The minimum absolute atomic E-state index is 0.987. The molecule has 0 N–H and O–H groups in total. The second kappa shape index (κ2) is 3.79. The molecule has 0 nitrogen and oxygen atoms in total. The van der Waals surface area contributed by atoms with Crippen LogP contribution in [-0.4, -0.2) is 3.92 Å². The highest BCUT2D eigenvalue weighted by atomic mass is 127. The van der Waals surface area contributed by atoms with Crippen molar-refractivity contribution in [1.29, 1.82) is 0 Å². The predicted molar refractivity (Wildman–Crippen MR) is 50.1 cm³/mol. The van der Waals surface area contributed by atoms with Gasteiger partial charge in [0.2, 0.25) is 0 Å². The lowest BCUT2D eigenvalue weighted by Crippen LogP contribution is -2.13. The minimum atomic E-state index is 0.987. The van der Waals surface area contributed by atoms with Crippen LogP contribution in [-0.2, 0) is 0 Å². The first-order chi connectivity index (χ1) is 4.33. The number of hydrogen-bond donors (Lipinski definition) is 0. The summed E-state index contributed by atoms with van der Waals surface area (Å²) in [5.41, 5.74) is 0. The van der Waals surface area contributed by atoms with Gasteiger partial charge in [-0.25, -0.2) is 0 Å². The molecular formula is C8H15I. The molecule has 0 radical (unpaired) electrons. The van der Waals surface area contributed by atoms with Crippen LogP contribution in [0.3, 0.4) is 0 Å². The molecule has 0 aromatic rings. The van der Waals surface area contributed by atoms with E-state index in [1.54, 1.807) is 0 Å². The van der Waals surface area contributed by atoms with E-state index < -0.39 is 0 Å². The average Bonchev–Trinajstić information content (AvgIpc) is 1.88. The van der Waals surface area contributed by atoms with Gasteiger partial charge in [0.05, 0.1) is 0 Å². The lowest BCUT2D eigenvalue weighted by molar-refractivity contribution is 0.364. The zero-order valence-electron chi connectivity index (χ0n) is 6.07. The van der Waals surface area contributed by atoms with E-state index in [9.17, 15) is 0 Å². The van der Waals surface area contributed by atoms with Crippen LogP contribution in [0.25, 0.3) is 0 Å². The highest BCUT2D eigenvalue weighted by Crippen LogP contribution is 2.30. The average molecular weight is 238 g/mol. The maximum Gasteiger partial charge on any atom is 0.0112 e. The third-order valence-corrected chi connectivity index (χ3v) is 3.43. The van der Waals surface area contributed by atoms with Crippen molar-refractivity contribution in [1.82, 2.24) is 0 Å². The number of rotatable bonds is 1. The van der Waals surface area contributed by atoms with Gasteiger partial charge in [-0.3, -0.25) is 0 Å². The molecule has 0 heterocycles. The topological polar surface area (TPSA) is 0 Å². The summed E-state index contributed by atoms with van der Waals surface area (Å²) in [5.74, 6) is 1.06. The van der Waals surface area contributed by atoms with Gasteiger partial charge in [-0.15, -0.1) is 0 Å². The standard InChI is InChI=1S/C8H15I/c1-2-7-4-3-5-8(9)6-7/h7-8H,2-6H2,1H3. The van der Waals surface area contributed by atoms with E-state index in [4.69, 9.17) is 0 Å². The number of hydrogen-bond acceptors (Lipinski definition) is 0. The van der Waals surface area contributed by atoms with Crippen LogP contribution in [0.5, 0.6) is 0 Å². The molecular weight excluding hydrogens is 223 g/mol. The van der Waals surface area contributed by atoms with Crippen LogP contribution in [0, 0.1) is 5.92 Å². The third-order valence-electron chi connectivity index (χ3n) is 2.30. The first-order valence-electron chi connectivity index (χ1n) is 3.97. The summed E-state index contributed by atoms with van der Waals surface area (Å²) in [4.78, 5) is 0. The Balaban J connectivity index is 2.23. The van der Waals surface area contributed by atoms with Gasteiger partial charge in [0.15, 0.2) is 0 Å². The van der Waals surface area contributed by atoms with Gasteiger partial charge in [-0.2, -0.15) is 0 Å². The Labute approximate surface area is 71.5 Å². The molecule has 9 heavy (non-hydrogen) atoms. The molecule has 1 fully saturated rings. The molecule has 0 amide bonds. The van der Waals surface area contributed by atoms with Crippen LogP contribution >= 0.6 is 22.6 Å². The molecule has 1 heteroatoms. The van der Waals surface area contributed by atoms with Gasteiger partial charge in [0, 0.05) is 3.92 Å². The van der Waals surface area contributed by atoms with Crippen molar-refractivity contribution in [2.75, 3.05) is 0 Å². The Morgan fingerprint density at radius 1 is 1.44 bits per heavy atom. The molecule has 1 aliphatic rings. The fraction of sp³-hybridized carbons (Fsp3) is 1.00. The maximum absolute atomic E-state index is 2.60. The Morgan fingerprint density at radius 3 is 2.67 bits per heavy atom. The zero-order valence-corrected chi connectivity index (χ0v) is 8.23. The van der Waals surface area contributed by atoms with Crippen LogP contribution < -0.4 is 0 Å². The van der Waals surface area contributed by atoms with Crippen molar-refractivity contribution in [3.63, 3.8) is 0 Å². The van der Waals surface area contributed by atoms with Gasteiger partial charge in [-0.1, -0.05) is 48.8 Å². The van der Waals surface area contributed by atoms with E-state index in [2.05, 4.69) is 29.5 Å².